The Labute approximate surface area is 73.9 Å². The van der Waals surface area contributed by atoms with Crippen LogP contribution < -0.4 is 4.29 Å². The molecule has 0 aliphatic rings. The van der Waals surface area contributed by atoms with Gasteiger partial charge in [0.15, 0.2) is 12.0 Å². The highest BCUT2D eigenvalue weighted by molar-refractivity contribution is 6.30. The van der Waals surface area contributed by atoms with Crippen LogP contribution in [0.15, 0.2) is 18.2 Å². The highest BCUT2D eigenvalue weighted by atomic mass is 35.5. The Morgan fingerprint density at radius 2 is 2.18 bits per heavy atom. The van der Waals surface area contributed by atoms with Gasteiger partial charge in [0.25, 0.3) is 0 Å². The van der Waals surface area contributed by atoms with Crippen molar-refractivity contribution < 1.29 is 9.08 Å². The van der Waals surface area contributed by atoms with E-state index < -0.39 is 0 Å². The van der Waals surface area contributed by atoms with Crippen molar-refractivity contribution in [2.45, 2.75) is 0 Å². The Hall–Kier alpha value is -0.730. The Bertz CT molecular complexity index is 273. The van der Waals surface area contributed by atoms with E-state index in [0.717, 1.165) is 0 Å². The van der Waals surface area contributed by atoms with Crippen molar-refractivity contribution in [1.29, 1.82) is 0 Å². The molecule has 0 aliphatic carbocycles. The van der Waals surface area contributed by atoms with E-state index in [1.807, 2.05) is 0 Å². The van der Waals surface area contributed by atoms with Crippen molar-refractivity contribution >= 4 is 29.8 Å². The van der Waals surface area contributed by atoms with E-state index in [1.54, 1.807) is 6.07 Å². The van der Waals surface area contributed by atoms with Crippen LogP contribution in [-0.4, -0.2) is 6.29 Å². The van der Waals surface area contributed by atoms with Crippen LogP contribution in [0.1, 0.15) is 10.4 Å². The first-order valence-corrected chi connectivity index (χ1v) is 3.50. The van der Waals surface area contributed by atoms with Gasteiger partial charge in [-0.2, -0.15) is 0 Å². The van der Waals surface area contributed by atoms with Gasteiger partial charge in [0.05, 0.1) is 5.56 Å². The molecule has 0 aliphatic heterocycles. The van der Waals surface area contributed by atoms with Gasteiger partial charge in [-0.1, -0.05) is 11.6 Å². The normalized spacial score (nSPS) is 9.27. The van der Waals surface area contributed by atoms with Crippen molar-refractivity contribution in [3.63, 3.8) is 0 Å². The molecule has 0 saturated carbocycles. The predicted octanol–water partition coefficient (Wildman–Crippen LogP) is 2.69. The highest BCUT2D eigenvalue weighted by Crippen LogP contribution is 2.22. The van der Waals surface area contributed by atoms with Crippen molar-refractivity contribution in [2.24, 2.45) is 0 Å². The third kappa shape index (κ3) is 1.85. The van der Waals surface area contributed by atoms with E-state index >= 15 is 0 Å². The molecule has 2 nitrogen and oxygen atoms in total. The van der Waals surface area contributed by atoms with Crippen LogP contribution in [0.25, 0.3) is 0 Å². The van der Waals surface area contributed by atoms with E-state index in [1.165, 1.54) is 12.1 Å². The number of aldehydes is 1. The molecule has 0 fully saturated rings. The van der Waals surface area contributed by atoms with Crippen LogP contribution in [0.3, 0.4) is 0 Å². The second kappa shape index (κ2) is 3.60. The molecule has 0 heterocycles. The Balaban J connectivity index is 3.16. The van der Waals surface area contributed by atoms with E-state index in [9.17, 15) is 4.79 Å². The molecule has 0 radical (unpaired) electrons. The Morgan fingerprint density at radius 1 is 1.45 bits per heavy atom. The monoisotopic (exact) mass is 190 g/mol. The first kappa shape index (κ1) is 8.37. The SMILES string of the molecule is O=Cc1ccc(Cl)cc1OCl. The first-order chi connectivity index (χ1) is 5.27. The number of rotatable bonds is 2. The summed E-state index contributed by atoms with van der Waals surface area (Å²) >= 11 is 10.7. The molecular weight excluding hydrogens is 187 g/mol. The summed E-state index contributed by atoms with van der Waals surface area (Å²) in [7, 11) is 0. The van der Waals surface area contributed by atoms with Gasteiger partial charge in [-0.15, -0.1) is 0 Å². The summed E-state index contributed by atoms with van der Waals surface area (Å²) in [6.45, 7) is 0. The van der Waals surface area contributed by atoms with Crippen molar-refractivity contribution in [3.8, 4) is 5.75 Å². The topological polar surface area (TPSA) is 26.3 Å². The number of hydrogen-bond donors (Lipinski definition) is 0. The zero-order valence-electron chi connectivity index (χ0n) is 5.38. The number of benzene rings is 1. The fourth-order valence-corrected chi connectivity index (χ4v) is 0.968. The number of halogens is 2. The van der Waals surface area contributed by atoms with Crippen LogP contribution >= 0.6 is 23.5 Å². The van der Waals surface area contributed by atoms with E-state index in [-0.39, 0.29) is 5.75 Å². The Kier molecular flexibility index (Phi) is 2.74. The zero-order valence-corrected chi connectivity index (χ0v) is 6.89. The quantitative estimate of drug-likeness (QED) is 0.671. The number of hydrogen-bond acceptors (Lipinski definition) is 2. The average Bonchev–Trinajstić information content (AvgIpc) is 2.04. The molecule has 0 unspecified atom stereocenters. The summed E-state index contributed by atoms with van der Waals surface area (Å²) in [5, 5.41) is 0.478. The lowest BCUT2D eigenvalue weighted by atomic mass is 10.2. The standard InChI is InChI=1S/C7H4Cl2O2/c8-6-2-1-5(4-10)7(3-6)11-9/h1-4H. The molecule has 11 heavy (non-hydrogen) atoms. The van der Waals surface area contributed by atoms with Crippen LogP contribution in [0.5, 0.6) is 5.75 Å². The molecule has 0 N–H and O–H groups in total. The first-order valence-electron chi connectivity index (χ1n) is 2.81. The Morgan fingerprint density at radius 3 is 2.73 bits per heavy atom. The van der Waals surface area contributed by atoms with Gasteiger partial charge >= 0.3 is 0 Å². The minimum absolute atomic E-state index is 0.272. The highest BCUT2D eigenvalue weighted by Gasteiger charge is 2.02. The maximum Gasteiger partial charge on any atom is 0.158 e. The van der Waals surface area contributed by atoms with Crippen LogP contribution in [0.4, 0.5) is 0 Å². The van der Waals surface area contributed by atoms with E-state index in [4.69, 9.17) is 23.5 Å². The van der Waals surface area contributed by atoms with E-state index in [0.29, 0.717) is 16.9 Å². The second-order valence-electron chi connectivity index (χ2n) is 1.88. The molecule has 0 amide bonds. The molecule has 1 aromatic carbocycles. The smallest absolute Gasteiger partial charge is 0.158 e. The number of carbonyl (C=O) groups is 1. The number of carbonyl (C=O) groups excluding carboxylic acids is 1. The molecule has 0 atom stereocenters. The average molecular weight is 191 g/mol. The fraction of sp³-hybridized carbons (Fsp3) is 0. The van der Waals surface area contributed by atoms with Crippen LogP contribution in [0, 0.1) is 0 Å². The van der Waals surface area contributed by atoms with Crippen molar-refractivity contribution in [3.05, 3.63) is 28.8 Å². The summed E-state index contributed by atoms with van der Waals surface area (Å²) in [6.07, 6.45) is 0.647. The molecule has 1 aromatic rings. The molecule has 0 aromatic heterocycles. The van der Waals surface area contributed by atoms with Crippen LogP contribution in [-0.2, 0) is 0 Å². The third-order valence-electron chi connectivity index (χ3n) is 1.19. The van der Waals surface area contributed by atoms with Gasteiger partial charge in [0, 0.05) is 11.1 Å². The molecule has 4 heteroatoms. The lowest BCUT2D eigenvalue weighted by Crippen LogP contribution is -1.84. The zero-order chi connectivity index (χ0) is 8.27. The second-order valence-corrected chi connectivity index (χ2v) is 2.47. The van der Waals surface area contributed by atoms with Gasteiger partial charge in [-0.05, 0) is 12.1 Å². The summed E-state index contributed by atoms with van der Waals surface area (Å²) in [6, 6.07) is 4.59. The molecule has 1 rings (SSSR count). The van der Waals surface area contributed by atoms with Crippen molar-refractivity contribution in [2.75, 3.05) is 0 Å². The molecule has 0 spiro atoms. The van der Waals surface area contributed by atoms with Gasteiger partial charge in [-0.3, -0.25) is 4.79 Å². The maximum absolute atomic E-state index is 10.3. The van der Waals surface area contributed by atoms with E-state index in [2.05, 4.69) is 4.29 Å². The summed E-state index contributed by atoms with van der Waals surface area (Å²) in [5.74, 6) is 0.272. The predicted molar refractivity (Wildman–Crippen MR) is 43.3 cm³/mol. The van der Waals surface area contributed by atoms with Gasteiger partial charge in [0.2, 0.25) is 0 Å². The fourth-order valence-electron chi connectivity index (χ4n) is 0.672. The minimum Gasteiger partial charge on any atom is -0.385 e. The molecular formula is C7H4Cl2O2. The van der Waals surface area contributed by atoms with Gasteiger partial charge in [-0.25, -0.2) is 0 Å². The van der Waals surface area contributed by atoms with Crippen molar-refractivity contribution in [1.82, 2.24) is 0 Å². The molecule has 58 valence electrons. The summed E-state index contributed by atoms with van der Waals surface area (Å²) in [5.41, 5.74) is 0.379. The summed E-state index contributed by atoms with van der Waals surface area (Å²) < 4.78 is 4.37. The van der Waals surface area contributed by atoms with Gasteiger partial charge in [0.1, 0.15) is 11.9 Å². The lowest BCUT2D eigenvalue weighted by molar-refractivity contribution is 0.112. The molecule has 0 bridgehead atoms. The summed E-state index contributed by atoms with van der Waals surface area (Å²) in [4.78, 5) is 10.3. The minimum atomic E-state index is 0.272. The molecule has 0 saturated heterocycles. The van der Waals surface area contributed by atoms with Crippen LogP contribution in [0.2, 0.25) is 5.02 Å². The largest absolute Gasteiger partial charge is 0.385 e. The third-order valence-corrected chi connectivity index (χ3v) is 1.59. The van der Waals surface area contributed by atoms with Gasteiger partial charge < -0.3 is 4.29 Å². The lowest BCUT2D eigenvalue weighted by Gasteiger charge is -1.98. The maximum atomic E-state index is 10.3.